The fourth-order valence-electron chi connectivity index (χ4n) is 4.14. The van der Waals surface area contributed by atoms with Crippen LogP contribution in [-0.2, 0) is 29.0 Å². The third-order valence-corrected chi connectivity index (χ3v) is 5.59. The maximum absolute atomic E-state index is 13.3. The van der Waals surface area contributed by atoms with Crippen molar-refractivity contribution in [3.05, 3.63) is 59.9 Å². The zero-order chi connectivity index (χ0) is 20.9. The number of hydrogen-bond acceptors (Lipinski definition) is 3. The molecule has 0 bridgehead atoms. The van der Waals surface area contributed by atoms with E-state index in [2.05, 4.69) is 11.4 Å². The summed E-state index contributed by atoms with van der Waals surface area (Å²) in [6, 6.07) is 16.0. The number of aryl methyl sites for hydroxylation is 1. The molecule has 2 aromatic carbocycles. The average Bonchev–Trinajstić information content (AvgIpc) is 3.11. The summed E-state index contributed by atoms with van der Waals surface area (Å²) in [7, 11) is 0. The quantitative estimate of drug-likeness (QED) is 0.656. The number of amides is 2. The molecule has 0 unspecified atom stereocenters. The van der Waals surface area contributed by atoms with Crippen LogP contribution in [0.5, 0.6) is 0 Å². The van der Waals surface area contributed by atoms with Crippen molar-refractivity contribution in [2.45, 2.75) is 45.6 Å². The molecular weight excluding hydrogens is 376 g/mol. The van der Waals surface area contributed by atoms with E-state index in [1.807, 2.05) is 58.9 Å². The molecular formula is C24H28N4O2. The minimum atomic E-state index is 0.0566. The zero-order valence-electron chi connectivity index (χ0n) is 17.4. The Labute approximate surface area is 176 Å². The number of fused-ring (bicyclic) bond motifs is 2. The molecule has 1 aromatic heterocycles. The van der Waals surface area contributed by atoms with Crippen LogP contribution in [0.1, 0.15) is 37.6 Å². The fourth-order valence-corrected chi connectivity index (χ4v) is 4.14. The van der Waals surface area contributed by atoms with Crippen LogP contribution in [0, 0.1) is 0 Å². The normalized spacial score (nSPS) is 13.3. The van der Waals surface area contributed by atoms with Crippen LogP contribution in [0.15, 0.2) is 48.5 Å². The molecule has 0 spiro atoms. The highest BCUT2D eigenvalue weighted by molar-refractivity contribution is 5.95. The Morgan fingerprint density at radius 2 is 1.90 bits per heavy atom. The van der Waals surface area contributed by atoms with Gasteiger partial charge in [-0.1, -0.05) is 37.3 Å². The van der Waals surface area contributed by atoms with Gasteiger partial charge in [-0.25, -0.2) is 4.98 Å². The molecule has 4 rings (SSSR count). The first-order valence-corrected chi connectivity index (χ1v) is 10.8. The number of hydrogen-bond donors (Lipinski definition) is 1. The Kier molecular flexibility index (Phi) is 6.12. The molecule has 2 heterocycles. The lowest BCUT2D eigenvalue weighted by Gasteiger charge is -2.29. The molecule has 0 atom stereocenters. The summed E-state index contributed by atoms with van der Waals surface area (Å²) in [5.41, 5.74) is 4.07. The van der Waals surface area contributed by atoms with Crippen molar-refractivity contribution < 1.29 is 9.59 Å². The fraction of sp³-hybridized carbons (Fsp3) is 0.375. The first-order valence-electron chi connectivity index (χ1n) is 10.8. The third kappa shape index (κ3) is 4.22. The van der Waals surface area contributed by atoms with Crippen molar-refractivity contribution in [2.24, 2.45) is 0 Å². The van der Waals surface area contributed by atoms with E-state index < -0.39 is 0 Å². The van der Waals surface area contributed by atoms with E-state index in [1.165, 1.54) is 5.56 Å². The summed E-state index contributed by atoms with van der Waals surface area (Å²) in [4.78, 5) is 31.7. The molecule has 0 saturated carbocycles. The standard InChI is InChI=1S/C24H28N4O2/c1-2-8-23(29)25-15-14-22-26-19-11-4-6-13-21(19)28(22)17-24(30)27-16-7-10-18-9-3-5-12-20(18)27/h3-6,9,11-13H,2,7-8,10,14-17H2,1H3,(H,25,29). The number of benzene rings is 2. The molecule has 1 aliphatic heterocycles. The molecule has 0 radical (unpaired) electrons. The van der Waals surface area contributed by atoms with E-state index >= 15 is 0 Å². The molecule has 30 heavy (non-hydrogen) atoms. The number of imidazole rings is 1. The second-order valence-electron chi connectivity index (χ2n) is 7.73. The van der Waals surface area contributed by atoms with Crippen LogP contribution in [-0.4, -0.2) is 34.5 Å². The van der Waals surface area contributed by atoms with Gasteiger partial charge in [-0.2, -0.15) is 0 Å². The Morgan fingerprint density at radius 1 is 1.10 bits per heavy atom. The summed E-state index contributed by atoms with van der Waals surface area (Å²) in [5, 5.41) is 2.95. The SMILES string of the molecule is CCCC(=O)NCCc1nc2ccccc2n1CC(=O)N1CCCc2ccccc21. The van der Waals surface area contributed by atoms with Gasteiger partial charge in [0.25, 0.3) is 0 Å². The first kappa shape index (κ1) is 20.1. The summed E-state index contributed by atoms with van der Waals surface area (Å²) < 4.78 is 2.00. The van der Waals surface area contributed by atoms with Crippen LogP contribution in [0.2, 0.25) is 0 Å². The van der Waals surface area contributed by atoms with Gasteiger partial charge in [0.15, 0.2) is 0 Å². The Balaban J connectivity index is 1.56. The highest BCUT2D eigenvalue weighted by atomic mass is 16.2. The predicted molar refractivity (Wildman–Crippen MR) is 118 cm³/mol. The number of carbonyl (C=O) groups excluding carboxylic acids is 2. The molecule has 2 amide bonds. The maximum Gasteiger partial charge on any atom is 0.246 e. The van der Waals surface area contributed by atoms with E-state index in [4.69, 9.17) is 4.98 Å². The number of nitrogens with zero attached hydrogens (tertiary/aromatic N) is 3. The molecule has 156 valence electrons. The van der Waals surface area contributed by atoms with Gasteiger partial charge in [0.2, 0.25) is 11.8 Å². The van der Waals surface area contributed by atoms with Crippen molar-refractivity contribution in [3.8, 4) is 0 Å². The molecule has 0 fully saturated rings. The third-order valence-electron chi connectivity index (χ3n) is 5.59. The minimum absolute atomic E-state index is 0.0566. The summed E-state index contributed by atoms with van der Waals surface area (Å²) in [5.74, 6) is 0.953. The lowest BCUT2D eigenvalue weighted by atomic mass is 10.0. The van der Waals surface area contributed by atoms with E-state index in [0.717, 1.165) is 48.4 Å². The van der Waals surface area contributed by atoms with Gasteiger partial charge in [-0.3, -0.25) is 9.59 Å². The van der Waals surface area contributed by atoms with Gasteiger partial charge >= 0.3 is 0 Å². The Bertz CT molecular complexity index is 1060. The summed E-state index contributed by atoms with van der Waals surface area (Å²) in [6.07, 6.45) is 3.94. The van der Waals surface area contributed by atoms with Crippen molar-refractivity contribution in [3.63, 3.8) is 0 Å². The number of nitrogens with one attached hydrogen (secondary N) is 1. The van der Waals surface area contributed by atoms with Crippen LogP contribution in [0.25, 0.3) is 11.0 Å². The lowest BCUT2D eigenvalue weighted by Crippen LogP contribution is -2.38. The lowest BCUT2D eigenvalue weighted by molar-refractivity contribution is -0.121. The van der Waals surface area contributed by atoms with Gasteiger partial charge in [-0.15, -0.1) is 0 Å². The molecule has 3 aromatic rings. The first-order chi connectivity index (χ1) is 14.7. The van der Waals surface area contributed by atoms with E-state index in [-0.39, 0.29) is 18.4 Å². The van der Waals surface area contributed by atoms with Gasteiger partial charge in [0, 0.05) is 31.6 Å². The van der Waals surface area contributed by atoms with E-state index in [0.29, 0.717) is 19.4 Å². The number of carbonyl (C=O) groups is 2. The predicted octanol–water partition coefficient (Wildman–Crippen LogP) is 3.47. The molecule has 0 aliphatic carbocycles. The summed E-state index contributed by atoms with van der Waals surface area (Å²) in [6.45, 7) is 3.49. The van der Waals surface area contributed by atoms with E-state index in [9.17, 15) is 9.59 Å². The van der Waals surface area contributed by atoms with Crippen LogP contribution in [0.3, 0.4) is 0 Å². The van der Waals surface area contributed by atoms with Crippen LogP contribution < -0.4 is 10.2 Å². The van der Waals surface area contributed by atoms with E-state index in [1.54, 1.807) is 0 Å². The van der Waals surface area contributed by atoms with Crippen molar-refractivity contribution in [1.29, 1.82) is 0 Å². The molecule has 1 N–H and O–H groups in total. The second-order valence-corrected chi connectivity index (χ2v) is 7.73. The molecule has 6 nitrogen and oxygen atoms in total. The Hall–Kier alpha value is -3.15. The Morgan fingerprint density at radius 3 is 2.77 bits per heavy atom. The number of aromatic nitrogens is 2. The van der Waals surface area contributed by atoms with Gasteiger partial charge in [0.1, 0.15) is 12.4 Å². The second kappa shape index (κ2) is 9.11. The largest absolute Gasteiger partial charge is 0.356 e. The number of anilines is 1. The van der Waals surface area contributed by atoms with Crippen LogP contribution >= 0.6 is 0 Å². The van der Waals surface area contributed by atoms with Crippen molar-refractivity contribution in [1.82, 2.24) is 14.9 Å². The maximum atomic E-state index is 13.3. The van der Waals surface area contributed by atoms with Crippen LogP contribution in [0.4, 0.5) is 5.69 Å². The van der Waals surface area contributed by atoms with Crippen molar-refractivity contribution >= 4 is 28.5 Å². The monoisotopic (exact) mass is 404 g/mol. The number of para-hydroxylation sites is 3. The van der Waals surface area contributed by atoms with Gasteiger partial charge in [-0.05, 0) is 43.0 Å². The smallest absolute Gasteiger partial charge is 0.246 e. The average molecular weight is 405 g/mol. The molecule has 6 heteroatoms. The minimum Gasteiger partial charge on any atom is -0.356 e. The van der Waals surface area contributed by atoms with Crippen molar-refractivity contribution in [2.75, 3.05) is 18.0 Å². The van der Waals surface area contributed by atoms with Gasteiger partial charge < -0.3 is 14.8 Å². The summed E-state index contributed by atoms with van der Waals surface area (Å²) >= 11 is 0. The topological polar surface area (TPSA) is 67.2 Å². The number of rotatable bonds is 7. The molecule has 0 saturated heterocycles. The highest BCUT2D eigenvalue weighted by Gasteiger charge is 2.23. The molecule has 1 aliphatic rings. The van der Waals surface area contributed by atoms with Gasteiger partial charge in [0.05, 0.1) is 11.0 Å². The zero-order valence-corrected chi connectivity index (χ0v) is 17.4. The highest BCUT2D eigenvalue weighted by Crippen LogP contribution is 2.27.